The van der Waals surface area contributed by atoms with Crippen molar-refractivity contribution in [2.24, 2.45) is 0 Å². The van der Waals surface area contributed by atoms with Crippen LogP contribution in [0.25, 0.3) is 0 Å². The Morgan fingerprint density at radius 2 is 2.09 bits per heavy atom. The number of aliphatic hydroxyl groups excluding tert-OH is 1. The number of carbonyl (C=O) groups is 1. The predicted octanol–water partition coefficient (Wildman–Crippen LogP) is -1.69. The fraction of sp³-hybridized carbons (Fsp3) is 0.929. The highest BCUT2D eigenvalue weighted by atomic mass is 16.5. The number of methoxy groups -OCH3 is 1. The van der Waals surface area contributed by atoms with Crippen molar-refractivity contribution in [3.05, 3.63) is 0 Å². The first-order chi connectivity index (χ1) is 10.6. The maximum absolute atomic E-state index is 11.7. The van der Waals surface area contributed by atoms with Crippen molar-refractivity contribution in [3.8, 4) is 0 Å². The van der Waals surface area contributed by atoms with Crippen LogP contribution in [0.4, 0.5) is 4.79 Å². The molecule has 0 aliphatic carbocycles. The average molecular weight is 316 g/mol. The van der Waals surface area contributed by atoms with Gasteiger partial charge in [-0.15, -0.1) is 0 Å². The molecule has 2 heterocycles. The lowest BCUT2D eigenvalue weighted by atomic mass is 10.1. The second-order valence-corrected chi connectivity index (χ2v) is 5.97. The van der Waals surface area contributed by atoms with Gasteiger partial charge in [-0.25, -0.2) is 4.79 Å². The van der Waals surface area contributed by atoms with E-state index in [2.05, 4.69) is 27.5 Å². The van der Waals surface area contributed by atoms with Crippen LogP contribution < -0.4 is 10.6 Å². The molecule has 2 amide bonds. The van der Waals surface area contributed by atoms with E-state index in [1.54, 1.807) is 7.11 Å². The van der Waals surface area contributed by atoms with Gasteiger partial charge in [0, 0.05) is 46.4 Å². The smallest absolute Gasteiger partial charge is 0.315 e. The summed E-state index contributed by atoms with van der Waals surface area (Å²) in [7, 11) is 3.69. The Balaban J connectivity index is 1.70. The number of likely N-dealkylation sites (N-methyl/N-ethyl adjacent to an activating group) is 1. The van der Waals surface area contributed by atoms with Gasteiger partial charge in [0.2, 0.25) is 0 Å². The van der Waals surface area contributed by atoms with E-state index in [-0.39, 0.29) is 18.2 Å². The summed E-state index contributed by atoms with van der Waals surface area (Å²) in [6.07, 6.45) is -0.916. The number of hydrogen-bond acceptors (Lipinski definition) is 6. The molecule has 0 radical (unpaired) electrons. The minimum absolute atomic E-state index is 0.243. The summed E-state index contributed by atoms with van der Waals surface area (Å²) < 4.78 is 10.5. The third-order valence-corrected chi connectivity index (χ3v) is 4.23. The summed E-state index contributed by atoms with van der Waals surface area (Å²) in [4.78, 5) is 16.3. The average Bonchev–Trinajstić information content (AvgIpc) is 2.83. The van der Waals surface area contributed by atoms with Crippen LogP contribution in [0.3, 0.4) is 0 Å². The molecule has 2 rings (SSSR count). The van der Waals surface area contributed by atoms with Crippen molar-refractivity contribution < 1.29 is 19.4 Å². The fourth-order valence-electron chi connectivity index (χ4n) is 2.74. The van der Waals surface area contributed by atoms with Crippen molar-refractivity contribution in [3.63, 3.8) is 0 Å². The number of aliphatic hydroxyl groups is 1. The molecule has 128 valence electrons. The zero-order valence-electron chi connectivity index (χ0n) is 13.5. The molecule has 3 unspecified atom stereocenters. The van der Waals surface area contributed by atoms with Gasteiger partial charge in [0.25, 0.3) is 0 Å². The predicted molar refractivity (Wildman–Crippen MR) is 81.9 cm³/mol. The summed E-state index contributed by atoms with van der Waals surface area (Å²) in [5, 5.41) is 15.8. The standard InChI is InChI=1S/C14H28N4O4/c1-17-4-6-18(7-5-17)9-12-13(19)11(10-22-12)16-14(20)15-3-8-21-2/h11-13,19H,3-10H2,1-2H3,(H2,15,16,20). The Kier molecular flexibility index (Phi) is 6.84. The van der Waals surface area contributed by atoms with Gasteiger partial charge in [-0.2, -0.15) is 0 Å². The molecule has 0 saturated carbocycles. The van der Waals surface area contributed by atoms with Crippen LogP contribution in [0, 0.1) is 0 Å². The molecule has 0 bridgehead atoms. The maximum atomic E-state index is 11.7. The lowest BCUT2D eigenvalue weighted by molar-refractivity contribution is 0.00620. The van der Waals surface area contributed by atoms with Crippen LogP contribution in [0.5, 0.6) is 0 Å². The van der Waals surface area contributed by atoms with Crippen LogP contribution in [-0.4, -0.2) is 106 Å². The van der Waals surface area contributed by atoms with E-state index in [1.807, 2.05) is 0 Å². The number of hydrogen-bond donors (Lipinski definition) is 3. The molecule has 0 aromatic heterocycles. The molecule has 2 aliphatic rings. The lowest BCUT2D eigenvalue weighted by Crippen LogP contribution is -2.52. The molecule has 0 spiro atoms. The number of amides is 2. The highest BCUT2D eigenvalue weighted by Crippen LogP contribution is 2.16. The molecule has 0 aromatic rings. The van der Waals surface area contributed by atoms with Gasteiger partial charge in [-0.1, -0.05) is 0 Å². The number of nitrogens with zero attached hydrogens (tertiary/aromatic N) is 2. The third-order valence-electron chi connectivity index (χ3n) is 4.23. The number of carbonyl (C=O) groups excluding carboxylic acids is 1. The van der Waals surface area contributed by atoms with Gasteiger partial charge in [-0.05, 0) is 7.05 Å². The number of rotatable bonds is 6. The van der Waals surface area contributed by atoms with Crippen LogP contribution in [0.15, 0.2) is 0 Å². The van der Waals surface area contributed by atoms with E-state index in [9.17, 15) is 9.90 Å². The molecule has 2 fully saturated rings. The SMILES string of the molecule is COCCNC(=O)NC1COC(CN2CCN(C)CC2)C1O. The third kappa shape index (κ3) is 5.06. The zero-order valence-corrected chi connectivity index (χ0v) is 13.5. The van der Waals surface area contributed by atoms with E-state index >= 15 is 0 Å². The minimum atomic E-state index is -0.673. The van der Waals surface area contributed by atoms with Gasteiger partial charge in [0.15, 0.2) is 0 Å². The highest BCUT2D eigenvalue weighted by Gasteiger charge is 2.37. The van der Waals surface area contributed by atoms with Crippen LogP contribution in [0.2, 0.25) is 0 Å². The van der Waals surface area contributed by atoms with Gasteiger partial charge in [0.1, 0.15) is 6.10 Å². The molecule has 8 heteroatoms. The molecule has 8 nitrogen and oxygen atoms in total. The molecule has 2 aliphatic heterocycles. The largest absolute Gasteiger partial charge is 0.388 e. The Labute approximate surface area is 131 Å². The number of urea groups is 1. The molecule has 0 aromatic carbocycles. The first kappa shape index (κ1) is 17.4. The van der Waals surface area contributed by atoms with Gasteiger partial charge < -0.3 is 30.1 Å². The minimum Gasteiger partial charge on any atom is -0.388 e. The molecule has 22 heavy (non-hydrogen) atoms. The van der Waals surface area contributed by atoms with Gasteiger partial charge in [0.05, 0.1) is 25.4 Å². The second-order valence-electron chi connectivity index (χ2n) is 5.97. The van der Waals surface area contributed by atoms with Crippen molar-refractivity contribution in [1.29, 1.82) is 0 Å². The quantitative estimate of drug-likeness (QED) is 0.507. The topological polar surface area (TPSA) is 86.3 Å². The van der Waals surface area contributed by atoms with E-state index in [0.717, 1.165) is 26.2 Å². The molecule has 3 atom stereocenters. The highest BCUT2D eigenvalue weighted by molar-refractivity contribution is 5.74. The molecular weight excluding hydrogens is 288 g/mol. The molecular formula is C14H28N4O4. The summed E-state index contributed by atoms with van der Waals surface area (Å²) in [6, 6.07) is -0.662. The van der Waals surface area contributed by atoms with Crippen molar-refractivity contribution in [2.75, 3.05) is 66.6 Å². The van der Waals surface area contributed by atoms with Crippen molar-refractivity contribution in [2.45, 2.75) is 18.2 Å². The van der Waals surface area contributed by atoms with Gasteiger partial charge in [-0.3, -0.25) is 4.90 Å². The monoisotopic (exact) mass is 316 g/mol. The van der Waals surface area contributed by atoms with E-state index in [0.29, 0.717) is 26.3 Å². The summed E-state index contributed by atoms with van der Waals surface area (Å²) in [6.45, 7) is 5.99. The normalized spacial score (nSPS) is 30.4. The van der Waals surface area contributed by atoms with E-state index in [4.69, 9.17) is 9.47 Å². The van der Waals surface area contributed by atoms with Crippen LogP contribution in [0.1, 0.15) is 0 Å². The maximum Gasteiger partial charge on any atom is 0.315 e. The molecule has 2 saturated heterocycles. The molecule has 3 N–H and O–H groups in total. The zero-order chi connectivity index (χ0) is 15.9. The Bertz CT molecular complexity index is 350. The Morgan fingerprint density at radius 3 is 2.77 bits per heavy atom. The van der Waals surface area contributed by atoms with Crippen molar-refractivity contribution >= 4 is 6.03 Å². The Morgan fingerprint density at radius 1 is 1.36 bits per heavy atom. The number of ether oxygens (including phenoxy) is 2. The number of piperazine rings is 1. The van der Waals surface area contributed by atoms with Gasteiger partial charge >= 0.3 is 6.03 Å². The summed E-state index contributed by atoms with van der Waals surface area (Å²) >= 11 is 0. The second kappa shape index (κ2) is 8.64. The first-order valence-electron chi connectivity index (χ1n) is 7.84. The summed E-state index contributed by atoms with van der Waals surface area (Å²) in [5.74, 6) is 0. The van der Waals surface area contributed by atoms with E-state index in [1.165, 1.54) is 0 Å². The van der Waals surface area contributed by atoms with Crippen LogP contribution >= 0.6 is 0 Å². The Hall–Kier alpha value is -0.930. The summed E-state index contributed by atoms with van der Waals surface area (Å²) in [5.41, 5.74) is 0. The van der Waals surface area contributed by atoms with Crippen molar-refractivity contribution in [1.82, 2.24) is 20.4 Å². The first-order valence-corrected chi connectivity index (χ1v) is 7.84. The number of nitrogens with one attached hydrogen (secondary N) is 2. The fourth-order valence-corrected chi connectivity index (χ4v) is 2.74. The van der Waals surface area contributed by atoms with E-state index < -0.39 is 6.10 Å². The van der Waals surface area contributed by atoms with Crippen LogP contribution in [-0.2, 0) is 9.47 Å². The lowest BCUT2D eigenvalue weighted by Gasteiger charge is -2.34.